The molecule has 2 N–H and O–H groups in total. The highest BCUT2D eigenvalue weighted by atomic mass is 16.7. The number of carboxylic acids is 1. The highest BCUT2D eigenvalue weighted by Crippen LogP contribution is 2.28. The Bertz CT molecular complexity index is 705. The molecule has 0 unspecified atom stereocenters. The normalized spacial score (nSPS) is 25.4. The van der Waals surface area contributed by atoms with Crippen molar-refractivity contribution < 1.29 is 57.6 Å². The first kappa shape index (κ1) is 24.8. The van der Waals surface area contributed by atoms with E-state index < -0.39 is 79.4 Å². The fraction of sp³-hybridized carbons (Fsp3) is 0.647. The number of nitrogens with one attached hydrogen (secondary N) is 1. The number of amides is 1. The van der Waals surface area contributed by atoms with Gasteiger partial charge in [-0.15, -0.1) is 0 Å². The molecule has 0 bridgehead atoms. The van der Waals surface area contributed by atoms with Crippen LogP contribution in [0.1, 0.15) is 34.1 Å². The van der Waals surface area contributed by atoms with Crippen molar-refractivity contribution in [2.75, 3.05) is 6.61 Å². The Kier molecular flexibility index (Phi) is 9.17. The lowest BCUT2D eigenvalue weighted by Crippen LogP contribution is -2.66. The first-order valence-corrected chi connectivity index (χ1v) is 8.72. The van der Waals surface area contributed by atoms with Gasteiger partial charge in [0.15, 0.2) is 24.5 Å². The topological polar surface area (TPSA) is 181 Å². The third kappa shape index (κ3) is 8.03. The summed E-state index contributed by atoms with van der Waals surface area (Å²) in [4.78, 5) is 68.6. The number of hydrogen-bond acceptors (Lipinski definition) is 11. The summed E-state index contributed by atoms with van der Waals surface area (Å²) in [6, 6.07) is 0. The minimum Gasteiger partial charge on any atom is -0.481 e. The van der Waals surface area contributed by atoms with Crippen LogP contribution in [0.4, 0.5) is 0 Å². The lowest BCUT2D eigenvalue weighted by molar-refractivity contribution is -0.257. The molecule has 0 aromatic heterocycles. The number of carbonyl (C=O) groups is 6. The van der Waals surface area contributed by atoms with E-state index in [0.717, 1.165) is 27.7 Å². The number of esters is 4. The number of ether oxygens (including phenoxy) is 5. The molecule has 1 aliphatic heterocycles. The number of carbonyl (C=O) groups excluding carboxylic acids is 5. The van der Waals surface area contributed by atoms with E-state index in [1.54, 1.807) is 0 Å². The van der Waals surface area contributed by atoms with Crippen molar-refractivity contribution in [3.05, 3.63) is 0 Å². The second-order valence-corrected chi connectivity index (χ2v) is 6.26. The van der Waals surface area contributed by atoms with Gasteiger partial charge in [0.25, 0.3) is 0 Å². The highest BCUT2D eigenvalue weighted by Gasteiger charge is 2.52. The van der Waals surface area contributed by atoms with Crippen molar-refractivity contribution in [1.29, 1.82) is 0 Å². The summed E-state index contributed by atoms with van der Waals surface area (Å²) in [5.74, 6) is -5.61. The van der Waals surface area contributed by atoms with Crippen LogP contribution in [0.2, 0.25) is 0 Å². The van der Waals surface area contributed by atoms with Crippen molar-refractivity contribution in [2.24, 2.45) is 0 Å². The molecule has 1 saturated heterocycles. The van der Waals surface area contributed by atoms with Crippen LogP contribution >= 0.6 is 0 Å². The van der Waals surface area contributed by atoms with Crippen LogP contribution in [-0.2, 0) is 52.5 Å². The van der Waals surface area contributed by atoms with Crippen molar-refractivity contribution in [1.82, 2.24) is 5.32 Å². The monoisotopic (exact) mass is 433 g/mol. The molecular formula is C17H23NO12. The molecule has 1 fully saturated rings. The summed E-state index contributed by atoms with van der Waals surface area (Å²) in [5, 5.41) is 11.0. The maximum atomic E-state index is 11.9. The molecule has 0 aliphatic carbocycles. The van der Waals surface area contributed by atoms with Gasteiger partial charge in [0.05, 0.1) is 0 Å². The summed E-state index contributed by atoms with van der Waals surface area (Å²) in [6.07, 6.45) is -8.00. The second-order valence-electron chi connectivity index (χ2n) is 6.26. The van der Waals surface area contributed by atoms with Crippen LogP contribution in [0.15, 0.2) is 0 Å². The molecule has 1 aliphatic rings. The van der Waals surface area contributed by atoms with Crippen molar-refractivity contribution in [2.45, 2.75) is 64.8 Å². The van der Waals surface area contributed by atoms with Gasteiger partial charge in [0, 0.05) is 27.7 Å². The van der Waals surface area contributed by atoms with Gasteiger partial charge in [-0.2, -0.15) is 0 Å². The third-order valence-corrected chi connectivity index (χ3v) is 3.61. The molecule has 0 aromatic rings. The Balaban J connectivity index is 3.32. The van der Waals surface area contributed by atoms with Crippen LogP contribution in [0.3, 0.4) is 0 Å². The summed E-state index contributed by atoms with van der Waals surface area (Å²) < 4.78 is 25.9. The zero-order valence-corrected chi connectivity index (χ0v) is 16.7. The number of rotatable bonds is 8. The van der Waals surface area contributed by atoms with E-state index >= 15 is 0 Å². The molecule has 1 heterocycles. The first-order valence-electron chi connectivity index (χ1n) is 8.72. The molecule has 30 heavy (non-hydrogen) atoms. The maximum Gasteiger partial charge on any atom is 0.312 e. The van der Waals surface area contributed by atoms with Gasteiger partial charge in [0.2, 0.25) is 5.91 Å². The van der Waals surface area contributed by atoms with E-state index in [2.05, 4.69) is 5.32 Å². The predicted octanol–water partition coefficient (Wildman–Crippen LogP) is -1.34. The van der Waals surface area contributed by atoms with Crippen LogP contribution in [0.25, 0.3) is 0 Å². The van der Waals surface area contributed by atoms with Crippen molar-refractivity contribution >= 4 is 35.8 Å². The predicted molar refractivity (Wildman–Crippen MR) is 92.4 cm³/mol. The molecule has 1 rings (SSSR count). The molecule has 0 radical (unpaired) electrons. The first-order chi connectivity index (χ1) is 13.9. The van der Waals surface area contributed by atoms with Crippen LogP contribution in [0.5, 0.6) is 0 Å². The molecule has 5 atom stereocenters. The number of aliphatic carboxylic acids is 1. The van der Waals surface area contributed by atoms with Crippen LogP contribution in [0, 0.1) is 0 Å². The quantitative estimate of drug-likeness (QED) is 0.262. The average Bonchev–Trinajstić information content (AvgIpc) is 2.56. The molecule has 13 heteroatoms. The smallest absolute Gasteiger partial charge is 0.312 e. The summed E-state index contributed by atoms with van der Waals surface area (Å²) in [6.45, 7) is 3.79. The van der Waals surface area contributed by atoms with Crippen molar-refractivity contribution in [3.63, 3.8) is 0 Å². The van der Waals surface area contributed by atoms with Gasteiger partial charge < -0.3 is 34.1 Å². The van der Waals surface area contributed by atoms with E-state index in [-0.39, 0.29) is 0 Å². The lowest BCUT2D eigenvalue weighted by atomic mass is 9.97. The van der Waals surface area contributed by atoms with Gasteiger partial charge in [-0.3, -0.25) is 28.8 Å². The Morgan fingerprint density at radius 2 is 1.30 bits per heavy atom. The van der Waals surface area contributed by atoms with Gasteiger partial charge in [-0.1, -0.05) is 0 Å². The van der Waals surface area contributed by atoms with Crippen molar-refractivity contribution in [3.8, 4) is 0 Å². The molecular weight excluding hydrogens is 410 g/mol. The minimum atomic E-state index is -1.50. The van der Waals surface area contributed by atoms with E-state index in [1.807, 2.05) is 0 Å². The second kappa shape index (κ2) is 11.1. The average molecular weight is 433 g/mol. The van der Waals surface area contributed by atoms with Gasteiger partial charge in [-0.25, -0.2) is 0 Å². The zero-order chi connectivity index (χ0) is 23.0. The Morgan fingerprint density at radius 3 is 1.77 bits per heavy atom. The molecule has 13 nitrogen and oxygen atoms in total. The zero-order valence-electron chi connectivity index (χ0n) is 16.7. The van der Waals surface area contributed by atoms with Gasteiger partial charge in [-0.05, 0) is 0 Å². The summed E-state index contributed by atoms with van der Waals surface area (Å²) in [5.41, 5.74) is 0. The van der Waals surface area contributed by atoms with Crippen LogP contribution < -0.4 is 5.32 Å². The Morgan fingerprint density at radius 1 is 0.800 bits per heavy atom. The molecule has 168 valence electrons. The van der Waals surface area contributed by atoms with E-state index in [9.17, 15) is 28.8 Å². The Hall–Kier alpha value is -3.22. The summed E-state index contributed by atoms with van der Waals surface area (Å²) >= 11 is 0. The minimum absolute atomic E-state index is 0.469. The molecule has 0 aromatic carbocycles. The van der Waals surface area contributed by atoms with E-state index in [1.165, 1.54) is 0 Å². The Labute approximate surface area is 170 Å². The fourth-order valence-corrected chi connectivity index (χ4v) is 2.69. The highest BCUT2D eigenvalue weighted by molar-refractivity contribution is 5.93. The lowest BCUT2D eigenvalue weighted by Gasteiger charge is -2.44. The number of carboxylic acid groups (broad SMARTS) is 1. The maximum absolute atomic E-state index is 11.9. The largest absolute Gasteiger partial charge is 0.481 e. The van der Waals surface area contributed by atoms with Gasteiger partial charge in [0.1, 0.15) is 19.1 Å². The number of hydrogen-bond donors (Lipinski definition) is 2. The standard InChI is InChI=1S/C17H23NO12/c1-7(19)26-6-11-14(27-8(2)20)15(28-9(3)21)16(29-10(4)22)17(30-11)18-12(23)5-13(24)25/h11,14-17H,5-6H2,1-4H3,(H,18,23)(H,24,25)/t11-,14-,15+,16-,17-/m1/s1. The van der Waals surface area contributed by atoms with E-state index in [4.69, 9.17) is 28.8 Å². The molecule has 1 amide bonds. The van der Waals surface area contributed by atoms with Crippen LogP contribution in [-0.4, -0.2) is 78.1 Å². The van der Waals surface area contributed by atoms with Gasteiger partial charge >= 0.3 is 29.8 Å². The molecule has 0 saturated carbocycles. The fourth-order valence-electron chi connectivity index (χ4n) is 2.69. The SMILES string of the molecule is CC(=O)OC[C@H]1O[C@@H](NC(=O)CC(=O)O)[C@H](OC(C)=O)[C@@H](OC(C)=O)[C@@H]1OC(C)=O. The van der Waals surface area contributed by atoms with E-state index in [0.29, 0.717) is 0 Å². The molecule has 0 spiro atoms. The third-order valence-electron chi connectivity index (χ3n) is 3.61. The summed E-state index contributed by atoms with van der Waals surface area (Å²) in [7, 11) is 0.